The van der Waals surface area contributed by atoms with Crippen molar-refractivity contribution in [2.24, 2.45) is 0 Å². The number of nitrogens with two attached hydrogens (primary N) is 1. The van der Waals surface area contributed by atoms with Gasteiger partial charge in [-0.25, -0.2) is 8.42 Å². The third-order valence-electron chi connectivity index (χ3n) is 3.21. The maximum absolute atomic E-state index is 12.6. The monoisotopic (exact) mass is 284 g/mol. The predicted octanol–water partition coefficient (Wildman–Crippen LogP) is 1.84. The van der Waals surface area contributed by atoms with Crippen molar-refractivity contribution in [3.63, 3.8) is 0 Å². The number of rotatable bonds is 6. The van der Waals surface area contributed by atoms with E-state index in [1.165, 1.54) is 19.2 Å². The molecule has 106 valence electrons. The Balaban J connectivity index is 2.37. The van der Waals surface area contributed by atoms with E-state index in [1.807, 2.05) is 6.92 Å². The Morgan fingerprint density at radius 3 is 2.63 bits per heavy atom. The van der Waals surface area contributed by atoms with Gasteiger partial charge < -0.3 is 10.5 Å². The Kier molecular flexibility index (Phi) is 4.01. The van der Waals surface area contributed by atoms with Crippen molar-refractivity contribution < 1.29 is 13.2 Å². The van der Waals surface area contributed by atoms with Crippen molar-refractivity contribution in [3.8, 4) is 5.75 Å². The molecule has 0 unspecified atom stereocenters. The molecule has 2 N–H and O–H groups in total. The Morgan fingerprint density at radius 2 is 2.11 bits per heavy atom. The number of nitrogen functional groups attached to an aromatic ring is 1. The topological polar surface area (TPSA) is 72.6 Å². The summed E-state index contributed by atoms with van der Waals surface area (Å²) in [5, 5.41) is 0. The fourth-order valence-corrected chi connectivity index (χ4v) is 3.86. The Morgan fingerprint density at radius 1 is 1.42 bits per heavy atom. The molecule has 1 fully saturated rings. The zero-order valence-corrected chi connectivity index (χ0v) is 12.1. The van der Waals surface area contributed by atoms with Gasteiger partial charge in [0.15, 0.2) is 0 Å². The molecule has 0 heterocycles. The highest BCUT2D eigenvalue weighted by Gasteiger charge is 2.37. The molecule has 1 aromatic carbocycles. The minimum Gasteiger partial charge on any atom is -0.495 e. The van der Waals surface area contributed by atoms with Gasteiger partial charge in [0, 0.05) is 18.7 Å². The number of methoxy groups -OCH3 is 1. The molecule has 5 nitrogen and oxygen atoms in total. The first kappa shape index (κ1) is 14.1. The van der Waals surface area contributed by atoms with E-state index >= 15 is 0 Å². The number of ether oxygens (including phenoxy) is 1. The van der Waals surface area contributed by atoms with Crippen LogP contribution in [0, 0.1) is 0 Å². The molecule has 2 rings (SSSR count). The van der Waals surface area contributed by atoms with E-state index < -0.39 is 10.0 Å². The van der Waals surface area contributed by atoms with Crippen LogP contribution in [0.15, 0.2) is 23.1 Å². The zero-order valence-electron chi connectivity index (χ0n) is 11.3. The van der Waals surface area contributed by atoms with Crippen LogP contribution in [-0.4, -0.2) is 32.4 Å². The van der Waals surface area contributed by atoms with E-state index in [0.29, 0.717) is 18.0 Å². The van der Waals surface area contributed by atoms with Gasteiger partial charge >= 0.3 is 0 Å². The third-order valence-corrected chi connectivity index (χ3v) is 5.16. The van der Waals surface area contributed by atoms with E-state index in [1.54, 1.807) is 10.4 Å². The second-order valence-corrected chi connectivity index (χ2v) is 6.64. The van der Waals surface area contributed by atoms with Crippen LogP contribution in [0.1, 0.15) is 26.2 Å². The summed E-state index contributed by atoms with van der Waals surface area (Å²) in [4.78, 5) is 0.249. The fraction of sp³-hybridized carbons (Fsp3) is 0.538. The first-order chi connectivity index (χ1) is 9.00. The summed E-state index contributed by atoms with van der Waals surface area (Å²) in [7, 11) is -1.97. The second kappa shape index (κ2) is 5.38. The molecule has 0 spiro atoms. The predicted molar refractivity (Wildman–Crippen MR) is 74.6 cm³/mol. The van der Waals surface area contributed by atoms with Gasteiger partial charge in [-0.2, -0.15) is 4.31 Å². The Hall–Kier alpha value is -1.27. The molecule has 0 aliphatic heterocycles. The molecule has 1 aromatic rings. The minimum atomic E-state index is -3.45. The van der Waals surface area contributed by atoms with Crippen molar-refractivity contribution in [2.75, 3.05) is 19.4 Å². The molecule has 19 heavy (non-hydrogen) atoms. The van der Waals surface area contributed by atoms with Crippen molar-refractivity contribution in [3.05, 3.63) is 18.2 Å². The lowest BCUT2D eigenvalue weighted by Gasteiger charge is -2.21. The average molecular weight is 284 g/mol. The summed E-state index contributed by atoms with van der Waals surface area (Å²) in [6.45, 7) is 2.54. The molecule has 1 aliphatic rings. The van der Waals surface area contributed by atoms with Crippen LogP contribution >= 0.6 is 0 Å². The van der Waals surface area contributed by atoms with Crippen LogP contribution in [-0.2, 0) is 10.0 Å². The maximum Gasteiger partial charge on any atom is 0.243 e. The highest BCUT2D eigenvalue weighted by atomic mass is 32.2. The largest absolute Gasteiger partial charge is 0.495 e. The minimum absolute atomic E-state index is 0.161. The van der Waals surface area contributed by atoms with Crippen LogP contribution in [0.2, 0.25) is 0 Å². The lowest BCUT2D eigenvalue weighted by molar-refractivity contribution is 0.400. The van der Waals surface area contributed by atoms with Gasteiger partial charge in [-0.3, -0.25) is 0 Å². The highest BCUT2D eigenvalue weighted by molar-refractivity contribution is 7.89. The summed E-state index contributed by atoms with van der Waals surface area (Å²) in [6.07, 6.45) is 2.71. The molecular formula is C13H20N2O3S. The number of sulfonamides is 1. The SMILES string of the molecule is CCCN(C1CC1)S(=O)(=O)c1ccc(N)c(OC)c1. The van der Waals surface area contributed by atoms with Crippen LogP contribution in [0.3, 0.4) is 0 Å². The van der Waals surface area contributed by atoms with Crippen molar-refractivity contribution in [2.45, 2.75) is 37.1 Å². The fourth-order valence-electron chi connectivity index (χ4n) is 2.07. The average Bonchev–Trinajstić information content (AvgIpc) is 3.20. The zero-order chi connectivity index (χ0) is 14.0. The standard InChI is InChI=1S/C13H20N2O3S/c1-3-8-15(10-4-5-10)19(16,17)11-6-7-12(14)13(9-11)18-2/h6-7,9-10H,3-5,8,14H2,1-2H3. The number of anilines is 1. The molecule has 1 aliphatic carbocycles. The molecule has 1 saturated carbocycles. The summed E-state index contributed by atoms with van der Waals surface area (Å²) in [5.74, 6) is 0.397. The number of hydrogen-bond acceptors (Lipinski definition) is 4. The van der Waals surface area contributed by atoms with Gasteiger partial charge in [-0.1, -0.05) is 6.92 Å². The number of nitrogens with zero attached hydrogens (tertiary/aromatic N) is 1. The van der Waals surface area contributed by atoms with Crippen molar-refractivity contribution >= 4 is 15.7 Å². The molecular weight excluding hydrogens is 264 g/mol. The molecule has 0 aromatic heterocycles. The molecule has 0 radical (unpaired) electrons. The van der Waals surface area contributed by atoms with Gasteiger partial charge in [0.25, 0.3) is 0 Å². The van der Waals surface area contributed by atoms with Crippen molar-refractivity contribution in [1.82, 2.24) is 4.31 Å². The van der Waals surface area contributed by atoms with Gasteiger partial charge in [-0.05, 0) is 31.4 Å². The molecule has 0 saturated heterocycles. The van der Waals surface area contributed by atoms with E-state index in [4.69, 9.17) is 10.5 Å². The van der Waals surface area contributed by atoms with E-state index in [0.717, 1.165) is 19.3 Å². The summed E-state index contributed by atoms with van der Waals surface area (Å²) in [5.41, 5.74) is 6.16. The normalized spacial score (nSPS) is 15.7. The van der Waals surface area contributed by atoms with E-state index in [-0.39, 0.29) is 10.9 Å². The Bertz CT molecular complexity index is 553. The lowest BCUT2D eigenvalue weighted by atomic mass is 10.3. The smallest absolute Gasteiger partial charge is 0.243 e. The number of hydrogen-bond donors (Lipinski definition) is 1. The Labute approximate surface area is 114 Å². The number of benzene rings is 1. The summed E-state index contributed by atoms with van der Waals surface area (Å²) < 4.78 is 31.9. The maximum atomic E-state index is 12.6. The van der Waals surface area contributed by atoms with Gasteiger partial charge in [-0.15, -0.1) is 0 Å². The molecule has 0 atom stereocenters. The summed E-state index contributed by atoms with van der Waals surface area (Å²) >= 11 is 0. The first-order valence-corrected chi connectivity index (χ1v) is 7.90. The van der Waals surface area contributed by atoms with Crippen molar-refractivity contribution in [1.29, 1.82) is 0 Å². The molecule has 0 bridgehead atoms. The highest BCUT2D eigenvalue weighted by Crippen LogP contribution is 2.34. The first-order valence-electron chi connectivity index (χ1n) is 6.46. The second-order valence-electron chi connectivity index (χ2n) is 4.75. The van der Waals surface area contributed by atoms with Gasteiger partial charge in [0.05, 0.1) is 17.7 Å². The van der Waals surface area contributed by atoms with Gasteiger partial charge in [0.1, 0.15) is 5.75 Å². The summed E-state index contributed by atoms with van der Waals surface area (Å²) in [6, 6.07) is 4.77. The van der Waals surface area contributed by atoms with E-state index in [2.05, 4.69) is 0 Å². The molecule has 0 amide bonds. The van der Waals surface area contributed by atoms with Crippen LogP contribution in [0.25, 0.3) is 0 Å². The lowest BCUT2D eigenvalue weighted by Crippen LogP contribution is -2.33. The quantitative estimate of drug-likeness (QED) is 0.809. The third kappa shape index (κ3) is 2.84. The van der Waals surface area contributed by atoms with Crippen LogP contribution in [0.5, 0.6) is 5.75 Å². The van der Waals surface area contributed by atoms with Crippen LogP contribution < -0.4 is 10.5 Å². The van der Waals surface area contributed by atoms with Crippen LogP contribution in [0.4, 0.5) is 5.69 Å². The van der Waals surface area contributed by atoms with E-state index in [9.17, 15) is 8.42 Å². The van der Waals surface area contributed by atoms with Gasteiger partial charge in [0.2, 0.25) is 10.0 Å². The molecule has 6 heteroatoms.